The maximum Gasteiger partial charge on any atom is 0.310 e. The van der Waals surface area contributed by atoms with Gasteiger partial charge in [0, 0.05) is 31.3 Å². The van der Waals surface area contributed by atoms with Crippen LogP contribution in [0.3, 0.4) is 0 Å². The van der Waals surface area contributed by atoms with E-state index in [9.17, 15) is 9.59 Å². The first-order valence-electron chi connectivity index (χ1n) is 11.7. The van der Waals surface area contributed by atoms with Crippen molar-refractivity contribution in [2.75, 3.05) is 33.4 Å². The SMILES string of the molecule is CCOCCN(C[C@@H](C)C(=O)OC)C(=O)c1cc(-c2ccc(C)cc2)nc2c1cnn2C(C)C. The Bertz CT molecular complexity index is 1140. The Morgan fingerprint density at radius 3 is 2.47 bits per heavy atom. The molecule has 1 amide bonds. The molecule has 0 saturated carbocycles. The average Bonchev–Trinajstić information content (AvgIpc) is 3.26. The van der Waals surface area contributed by atoms with Crippen molar-refractivity contribution in [1.29, 1.82) is 0 Å². The Kier molecular flexibility index (Phi) is 8.39. The quantitative estimate of drug-likeness (QED) is 0.328. The van der Waals surface area contributed by atoms with Gasteiger partial charge in [-0.15, -0.1) is 0 Å². The first-order chi connectivity index (χ1) is 16.3. The van der Waals surface area contributed by atoms with E-state index in [4.69, 9.17) is 14.5 Å². The molecule has 1 aromatic carbocycles. The van der Waals surface area contributed by atoms with Gasteiger partial charge in [-0.1, -0.05) is 36.8 Å². The monoisotopic (exact) mass is 466 g/mol. The fraction of sp³-hybridized carbons (Fsp3) is 0.462. The first-order valence-corrected chi connectivity index (χ1v) is 11.7. The number of fused-ring (bicyclic) bond motifs is 1. The van der Waals surface area contributed by atoms with Crippen LogP contribution in [-0.4, -0.2) is 65.0 Å². The summed E-state index contributed by atoms with van der Waals surface area (Å²) < 4.78 is 12.2. The number of hydrogen-bond acceptors (Lipinski definition) is 6. The van der Waals surface area contributed by atoms with Crippen LogP contribution in [0.5, 0.6) is 0 Å². The van der Waals surface area contributed by atoms with Gasteiger partial charge in [0.1, 0.15) is 0 Å². The van der Waals surface area contributed by atoms with Gasteiger partial charge in [-0.2, -0.15) is 5.10 Å². The van der Waals surface area contributed by atoms with Crippen LogP contribution in [0.2, 0.25) is 0 Å². The molecule has 2 aromatic heterocycles. The smallest absolute Gasteiger partial charge is 0.310 e. The number of hydrogen-bond donors (Lipinski definition) is 0. The van der Waals surface area contributed by atoms with Crippen molar-refractivity contribution < 1.29 is 19.1 Å². The number of carbonyl (C=O) groups is 2. The molecule has 0 aliphatic rings. The van der Waals surface area contributed by atoms with Gasteiger partial charge in [0.2, 0.25) is 0 Å². The summed E-state index contributed by atoms with van der Waals surface area (Å²) in [5.74, 6) is -1.02. The number of esters is 1. The molecule has 1 atom stereocenters. The summed E-state index contributed by atoms with van der Waals surface area (Å²) in [5, 5.41) is 5.19. The van der Waals surface area contributed by atoms with Gasteiger partial charge >= 0.3 is 5.97 Å². The Morgan fingerprint density at radius 1 is 1.15 bits per heavy atom. The highest BCUT2D eigenvalue weighted by Gasteiger charge is 2.26. The van der Waals surface area contributed by atoms with Crippen LogP contribution in [0.1, 0.15) is 49.7 Å². The number of amides is 1. The van der Waals surface area contributed by atoms with Gasteiger partial charge in [0.15, 0.2) is 5.65 Å². The van der Waals surface area contributed by atoms with Gasteiger partial charge < -0.3 is 14.4 Å². The number of carbonyl (C=O) groups excluding carboxylic acids is 2. The molecule has 0 unspecified atom stereocenters. The summed E-state index contributed by atoms with van der Waals surface area (Å²) in [6.07, 6.45) is 1.69. The lowest BCUT2D eigenvalue weighted by atomic mass is 10.0. The van der Waals surface area contributed by atoms with Crippen molar-refractivity contribution in [1.82, 2.24) is 19.7 Å². The lowest BCUT2D eigenvalue weighted by Crippen LogP contribution is -2.39. The van der Waals surface area contributed by atoms with Crippen molar-refractivity contribution in [2.24, 2.45) is 5.92 Å². The van der Waals surface area contributed by atoms with E-state index in [-0.39, 0.29) is 24.5 Å². The summed E-state index contributed by atoms with van der Waals surface area (Å²) in [6, 6.07) is 9.94. The van der Waals surface area contributed by atoms with Crippen LogP contribution >= 0.6 is 0 Å². The molecule has 2 heterocycles. The highest BCUT2D eigenvalue weighted by Crippen LogP contribution is 2.28. The molecular formula is C26H34N4O4. The average molecular weight is 467 g/mol. The van der Waals surface area contributed by atoms with E-state index in [0.717, 1.165) is 11.1 Å². The van der Waals surface area contributed by atoms with Gasteiger partial charge in [-0.25, -0.2) is 9.67 Å². The molecule has 0 fully saturated rings. The van der Waals surface area contributed by atoms with E-state index in [0.29, 0.717) is 42.0 Å². The molecule has 3 rings (SSSR count). The Hall–Kier alpha value is -3.26. The van der Waals surface area contributed by atoms with E-state index in [1.54, 1.807) is 18.0 Å². The van der Waals surface area contributed by atoms with Crippen molar-refractivity contribution >= 4 is 22.9 Å². The molecule has 0 spiro atoms. The number of methoxy groups -OCH3 is 1. The molecule has 8 heteroatoms. The molecule has 182 valence electrons. The zero-order chi connectivity index (χ0) is 24.8. The van der Waals surface area contributed by atoms with Gasteiger partial charge in [0.25, 0.3) is 5.91 Å². The summed E-state index contributed by atoms with van der Waals surface area (Å²) in [7, 11) is 1.35. The second kappa shape index (κ2) is 11.2. The Labute approximate surface area is 200 Å². The van der Waals surface area contributed by atoms with Crippen LogP contribution in [0.4, 0.5) is 0 Å². The molecule has 0 saturated heterocycles. The molecule has 8 nitrogen and oxygen atoms in total. The van der Waals surface area contributed by atoms with E-state index >= 15 is 0 Å². The number of aromatic nitrogens is 3. The Morgan fingerprint density at radius 2 is 1.85 bits per heavy atom. The number of ether oxygens (including phenoxy) is 2. The number of nitrogens with zero attached hydrogens (tertiary/aromatic N) is 4. The predicted octanol–water partition coefficient (Wildman–Crippen LogP) is 4.28. The summed E-state index contributed by atoms with van der Waals surface area (Å²) in [4.78, 5) is 32.5. The second-order valence-corrected chi connectivity index (χ2v) is 8.71. The minimum atomic E-state index is -0.470. The fourth-order valence-electron chi connectivity index (χ4n) is 3.82. The lowest BCUT2D eigenvalue weighted by molar-refractivity contribution is -0.145. The molecule has 3 aromatic rings. The largest absolute Gasteiger partial charge is 0.469 e. The zero-order valence-electron chi connectivity index (χ0n) is 20.9. The molecule has 0 N–H and O–H groups in total. The minimum absolute atomic E-state index is 0.0784. The highest BCUT2D eigenvalue weighted by atomic mass is 16.5. The minimum Gasteiger partial charge on any atom is -0.469 e. The van der Waals surface area contributed by atoms with Crippen LogP contribution in [-0.2, 0) is 14.3 Å². The van der Waals surface area contributed by atoms with Crippen molar-refractivity contribution in [3.63, 3.8) is 0 Å². The molecule has 0 aliphatic heterocycles. The van der Waals surface area contributed by atoms with Crippen LogP contribution < -0.4 is 0 Å². The number of pyridine rings is 1. The van der Waals surface area contributed by atoms with Crippen molar-refractivity contribution in [3.8, 4) is 11.3 Å². The maximum absolute atomic E-state index is 13.9. The maximum atomic E-state index is 13.9. The molecular weight excluding hydrogens is 432 g/mol. The predicted molar refractivity (Wildman–Crippen MR) is 132 cm³/mol. The zero-order valence-corrected chi connectivity index (χ0v) is 20.9. The lowest BCUT2D eigenvalue weighted by Gasteiger charge is -2.25. The third-order valence-electron chi connectivity index (χ3n) is 5.73. The molecule has 0 radical (unpaired) electrons. The van der Waals surface area contributed by atoms with Crippen molar-refractivity contribution in [2.45, 2.75) is 40.7 Å². The van der Waals surface area contributed by atoms with Crippen LogP contribution in [0.15, 0.2) is 36.5 Å². The third-order valence-corrected chi connectivity index (χ3v) is 5.73. The third kappa shape index (κ3) is 5.62. The van der Waals surface area contributed by atoms with E-state index in [1.165, 1.54) is 7.11 Å². The van der Waals surface area contributed by atoms with Gasteiger partial charge in [-0.05, 0) is 33.8 Å². The number of aryl methyl sites for hydroxylation is 1. The van der Waals surface area contributed by atoms with Crippen molar-refractivity contribution in [3.05, 3.63) is 47.7 Å². The Balaban J connectivity index is 2.10. The topological polar surface area (TPSA) is 86.5 Å². The number of rotatable bonds is 10. The van der Waals surface area contributed by atoms with Crippen LogP contribution in [0, 0.1) is 12.8 Å². The standard InChI is InChI=1S/C26H34N4O4/c1-7-34-13-12-29(16-19(5)26(32)33-6)25(31)21-14-23(20-10-8-18(4)9-11-20)28-24-22(21)15-27-30(24)17(2)3/h8-11,14-15,17,19H,7,12-13,16H2,1-6H3/t19-/m1/s1. The summed E-state index contributed by atoms with van der Waals surface area (Å²) >= 11 is 0. The summed E-state index contributed by atoms with van der Waals surface area (Å²) in [5.41, 5.74) is 3.92. The molecule has 0 aliphatic carbocycles. The summed E-state index contributed by atoms with van der Waals surface area (Å²) in [6.45, 7) is 11.3. The normalized spacial score (nSPS) is 12.2. The highest BCUT2D eigenvalue weighted by molar-refractivity contribution is 6.06. The van der Waals surface area contributed by atoms with Gasteiger partial charge in [-0.3, -0.25) is 9.59 Å². The first kappa shape index (κ1) is 25.4. The number of benzene rings is 1. The molecule has 34 heavy (non-hydrogen) atoms. The van der Waals surface area contributed by atoms with E-state index in [2.05, 4.69) is 5.10 Å². The van der Waals surface area contributed by atoms with Crippen LogP contribution in [0.25, 0.3) is 22.3 Å². The van der Waals surface area contributed by atoms with Gasteiger partial charge in [0.05, 0.1) is 42.5 Å². The molecule has 0 bridgehead atoms. The van der Waals surface area contributed by atoms with E-state index < -0.39 is 5.92 Å². The second-order valence-electron chi connectivity index (χ2n) is 8.71. The van der Waals surface area contributed by atoms with E-state index in [1.807, 2.05) is 62.7 Å². The fourth-order valence-corrected chi connectivity index (χ4v) is 3.82.